The number of hydrogen-bond acceptors (Lipinski definition) is 2. The molecule has 1 heterocycles. The van der Waals surface area contributed by atoms with Crippen LogP contribution in [0.15, 0.2) is 18.2 Å². The van der Waals surface area contributed by atoms with Crippen molar-refractivity contribution in [3.63, 3.8) is 0 Å². The molecule has 0 saturated carbocycles. The van der Waals surface area contributed by atoms with Crippen LogP contribution in [-0.4, -0.2) is 7.05 Å². The summed E-state index contributed by atoms with van der Waals surface area (Å²) in [5.74, 6) is 0. The second kappa shape index (κ2) is 4.98. The van der Waals surface area contributed by atoms with Crippen LogP contribution in [0.5, 0.6) is 0 Å². The standard InChI is InChI=1S/C14H19NS/c1-4-5-11-12-8-10(2)6-7-13(12)16-14(11)9-15-3/h6-8,15H,4-5,9H2,1-3H3. The lowest BCUT2D eigenvalue weighted by atomic mass is 10.0. The Bertz CT molecular complexity index is 485. The maximum atomic E-state index is 3.27. The van der Waals surface area contributed by atoms with E-state index in [-0.39, 0.29) is 0 Å². The van der Waals surface area contributed by atoms with Gasteiger partial charge in [0.15, 0.2) is 0 Å². The number of nitrogens with one attached hydrogen (secondary N) is 1. The quantitative estimate of drug-likeness (QED) is 0.845. The topological polar surface area (TPSA) is 12.0 Å². The fraction of sp³-hybridized carbons (Fsp3) is 0.429. The van der Waals surface area contributed by atoms with E-state index in [0.717, 1.165) is 6.54 Å². The summed E-state index contributed by atoms with van der Waals surface area (Å²) in [6.45, 7) is 5.42. The third-order valence-electron chi connectivity index (χ3n) is 2.87. The van der Waals surface area contributed by atoms with Gasteiger partial charge >= 0.3 is 0 Å². The highest BCUT2D eigenvalue weighted by Crippen LogP contribution is 2.32. The molecule has 86 valence electrons. The van der Waals surface area contributed by atoms with Crippen molar-refractivity contribution in [2.24, 2.45) is 0 Å². The minimum atomic E-state index is 0.994. The number of thiophene rings is 1. The van der Waals surface area contributed by atoms with Gasteiger partial charge in [-0.2, -0.15) is 0 Å². The van der Waals surface area contributed by atoms with Crippen LogP contribution in [0, 0.1) is 6.92 Å². The van der Waals surface area contributed by atoms with Gasteiger partial charge in [0.1, 0.15) is 0 Å². The number of rotatable bonds is 4. The first kappa shape index (κ1) is 11.6. The van der Waals surface area contributed by atoms with Gasteiger partial charge in [0.05, 0.1) is 0 Å². The highest BCUT2D eigenvalue weighted by atomic mass is 32.1. The first-order chi connectivity index (χ1) is 7.76. The summed E-state index contributed by atoms with van der Waals surface area (Å²) >= 11 is 1.93. The van der Waals surface area contributed by atoms with Crippen molar-refractivity contribution in [2.75, 3.05) is 7.05 Å². The van der Waals surface area contributed by atoms with Crippen LogP contribution in [0.25, 0.3) is 10.1 Å². The molecule has 2 aromatic rings. The van der Waals surface area contributed by atoms with Crippen molar-refractivity contribution in [3.8, 4) is 0 Å². The Morgan fingerprint density at radius 2 is 2.12 bits per heavy atom. The molecule has 0 saturated heterocycles. The fourth-order valence-corrected chi connectivity index (χ4v) is 3.39. The van der Waals surface area contributed by atoms with Crippen LogP contribution in [0.2, 0.25) is 0 Å². The van der Waals surface area contributed by atoms with Crippen LogP contribution in [0.1, 0.15) is 29.3 Å². The Hall–Kier alpha value is -0.860. The number of hydrogen-bond donors (Lipinski definition) is 1. The number of aryl methyl sites for hydroxylation is 2. The van der Waals surface area contributed by atoms with Crippen LogP contribution >= 0.6 is 11.3 Å². The van der Waals surface area contributed by atoms with Crippen LogP contribution in [-0.2, 0) is 13.0 Å². The average Bonchev–Trinajstić information content (AvgIpc) is 2.58. The minimum absolute atomic E-state index is 0.994. The molecule has 0 bridgehead atoms. The molecule has 2 heteroatoms. The predicted molar refractivity (Wildman–Crippen MR) is 73.3 cm³/mol. The van der Waals surface area contributed by atoms with Gasteiger partial charge in [0.2, 0.25) is 0 Å². The van der Waals surface area contributed by atoms with Gasteiger partial charge in [-0.3, -0.25) is 0 Å². The molecule has 0 fully saturated rings. The van der Waals surface area contributed by atoms with E-state index in [2.05, 4.69) is 37.4 Å². The molecule has 1 aromatic heterocycles. The van der Waals surface area contributed by atoms with Gasteiger partial charge < -0.3 is 5.32 Å². The first-order valence-electron chi connectivity index (χ1n) is 5.91. The minimum Gasteiger partial charge on any atom is -0.315 e. The molecule has 16 heavy (non-hydrogen) atoms. The maximum absolute atomic E-state index is 3.27. The Balaban J connectivity index is 2.57. The summed E-state index contributed by atoms with van der Waals surface area (Å²) in [5, 5.41) is 4.74. The Kier molecular flexibility index (Phi) is 3.62. The van der Waals surface area contributed by atoms with Gasteiger partial charge in [0, 0.05) is 16.1 Å². The molecule has 1 nitrogen and oxygen atoms in total. The van der Waals surface area contributed by atoms with Gasteiger partial charge in [-0.15, -0.1) is 11.3 Å². The maximum Gasteiger partial charge on any atom is 0.0349 e. The van der Waals surface area contributed by atoms with Gasteiger partial charge in [0.25, 0.3) is 0 Å². The lowest BCUT2D eigenvalue weighted by Crippen LogP contribution is -2.05. The summed E-state index contributed by atoms with van der Waals surface area (Å²) in [5.41, 5.74) is 2.92. The zero-order valence-corrected chi connectivity index (χ0v) is 11.1. The van der Waals surface area contributed by atoms with E-state index in [4.69, 9.17) is 0 Å². The molecule has 0 amide bonds. The molecule has 0 aliphatic rings. The molecule has 0 atom stereocenters. The van der Waals surface area contributed by atoms with Crippen LogP contribution in [0.3, 0.4) is 0 Å². The van der Waals surface area contributed by atoms with Crippen molar-refractivity contribution in [2.45, 2.75) is 33.2 Å². The van der Waals surface area contributed by atoms with E-state index in [9.17, 15) is 0 Å². The molecule has 0 radical (unpaired) electrons. The Morgan fingerprint density at radius 3 is 2.81 bits per heavy atom. The third-order valence-corrected chi connectivity index (χ3v) is 4.08. The largest absolute Gasteiger partial charge is 0.315 e. The molecule has 0 spiro atoms. The summed E-state index contributed by atoms with van der Waals surface area (Å²) < 4.78 is 1.43. The molecule has 1 aromatic carbocycles. The van der Waals surface area contributed by atoms with Crippen molar-refractivity contribution in [3.05, 3.63) is 34.2 Å². The Morgan fingerprint density at radius 1 is 1.31 bits per heavy atom. The molecular weight excluding hydrogens is 214 g/mol. The molecule has 1 N–H and O–H groups in total. The summed E-state index contributed by atoms with van der Waals surface area (Å²) in [4.78, 5) is 1.50. The van der Waals surface area contributed by atoms with E-state index in [1.165, 1.54) is 33.4 Å². The van der Waals surface area contributed by atoms with Crippen molar-refractivity contribution in [1.82, 2.24) is 5.32 Å². The van der Waals surface area contributed by atoms with Crippen molar-refractivity contribution >= 4 is 21.4 Å². The Labute approximate surface area is 101 Å². The second-order valence-corrected chi connectivity index (χ2v) is 5.42. The first-order valence-corrected chi connectivity index (χ1v) is 6.73. The summed E-state index contributed by atoms with van der Waals surface area (Å²) in [6, 6.07) is 6.79. The molecule has 0 aliphatic heterocycles. The summed E-state index contributed by atoms with van der Waals surface area (Å²) in [7, 11) is 2.02. The highest BCUT2D eigenvalue weighted by Gasteiger charge is 2.10. The zero-order valence-electron chi connectivity index (χ0n) is 10.3. The SMILES string of the molecule is CCCc1c(CNC)sc2ccc(C)cc12. The van der Waals surface area contributed by atoms with E-state index >= 15 is 0 Å². The second-order valence-electron chi connectivity index (χ2n) is 4.28. The normalized spacial score (nSPS) is 11.2. The number of fused-ring (bicyclic) bond motifs is 1. The van der Waals surface area contributed by atoms with Gasteiger partial charge in [-0.05, 0) is 37.4 Å². The molecular formula is C14H19NS. The molecule has 0 unspecified atom stereocenters. The fourth-order valence-electron chi connectivity index (χ4n) is 2.14. The third kappa shape index (κ3) is 2.13. The van der Waals surface area contributed by atoms with E-state index in [1.54, 1.807) is 5.56 Å². The van der Waals surface area contributed by atoms with Gasteiger partial charge in [-0.1, -0.05) is 31.0 Å². The van der Waals surface area contributed by atoms with E-state index < -0.39 is 0 Å². The zero-order chi connectivity index (χ0) is 11.5. The lowest BCUT2D eigenvalue weighted by molar-refractivity contribution is 0.812. The lowest BCUT2D eigenvalue weighted by Gasteiger charge is -2.02. The van der Waals surface area contributed by atoms with E-state index in [1.807, 2.05) is 18.4 Å². The van der Waals surface area contributed by atoms with Gasteiger partial charge in [-0.25, -0.2) is 0 Å². The van der Waals surface area contributed by atoms with Crippen molar-refractivity contribution in [1.29, 1.82) is 0 Å². The van der Waals surface area contributed by atoms with Crippen molar-refractivity contribution < 1.29 is 0 Å². The average molecular weight is 233 g/mol. The highest BCUT2D eigenvalue weighted by molar-refractivity contribution is 7.19. The molecule has 2 rings (SSSR count). The summed E-state index contributed by atoms with van der Waals surface area (Å²) in [6.07, 6.45) is 2.41. The molecule has 0 aliphatic carbocycles. The van der Waals surface area contributed by atoms with Crippen LogP contribution < -0.4 is 5.32 Å². The van der Waals surface area contributed by atoms with E-state index in [0.29, 0.717) is 0 Å². The monoisotopic (exact) mass is 233 g/mol. The smallest absolute Gasteiger partial charge is 0.0349 e. The number of benzene rings is 1. The predicted octanol–water partition coefficient (Wildman–Crippen LogP) is 3.88. The van der Waals surface area contributed by atoms with Crippen LogP contribution in [0.4, 0.5) is 0 Å².